The van der Waals surface area contributed by atoms with Crippen molar-refractivity contribution in [2.45, 2.75) is 46.1 Å². The van der Waals surface area contributed by atoms with Crippen LogP contribution in [0.15, 0.2) is 0 Å². The summed E-state index contributed by atoms with van der Waals surface area (Å²) in [6.07, 6.45) is 3.03. The van der Waals surface area contributed by atoms with E-state index in [0.717, 1.165) is 55.4 Å². The highest BCUT2D eigenvalue weighted by atomic mass is 35.5. The SMILES string of the molecule is CCCNC(COCCC)Cc1c(C)nn(C)c1Cl. The maximum absolute atomic E-state index is 6.29. The largest absolute Gasteiger partial charge is 0.380 e. The zero-order valence-corrected chi connectivity index (χ0v) is 13.3. The van der Waals surface area contributed by atoms with Crippen molar-refractivity contribution in [2.24, 2.45) is 7.05 Å². The summed E-state index contributed by atoms with van der Waals surface area (Å²) in [5, 5.41) is 8.61. The number of rotatable bonds is 9. The third-order valence-corrected chi connectivity index (χ3v) is 3.54. The molecule has 1 heterocycles. The summed E-state index contributed by atoms with van der Waals surface area (Å²) in [4.78, 5) is 0. The van der Waals surface area contributed by atoms with E-state index in [4.69, 9.17) is 16.3 Å². The molecule has 0 bridgehead atoms. The molecule has 4 nitrogen and oxygen atoms in total. The van der Waals surface area contributed by atoms with Gasteiger partial charge in [-0.25, -0.2) is 0 Å². The Kier molecular flexibility index (Phi) is 7.42. The number of ether oxygens (including phenoxy) is 1. The van der Waals surface area contributed by atoms with E-state index < -0.39 is 0 Å². The maximum atomic E-state index is 6.29. The fourth-order valence-electron chi connectivity index (χ4n) is 2.06. The molecule has 0 saturated heterocycles. The van der Waals surface area contributed by atoms with Gasteiger partial charge >= 0.3 is 0 Å². The number of hydrogen-bond acceptors (Lipinski definition) is 3. The second-order valence-electron chi connectivity index (χ2n) is 4.91. The van der Waals surface area contributed by atoms with Crippen molar-refractivity contribution in [1.82, 2.24) is 15.1 Å². The molecule has 1 N–H and O–H groups in total. The van der Waals surface area contributed by atoms with Crippen LogP contribution in [-0.4, -0.2) is 35.6 Å². The molecule has 1 aromatic heterocycles. The molecule has 0 aliphatic carbocycles. The Hall–Kier alpha value is -0.580. The molecule has 1 atom stereocenters. The Morgan fingerprint density at radius 1 is 1.37 bits per heavy atom. The van der Waals surface area contributed by atoms with Crippen molar-refractivity contribution in [2.75, 3.05) is 19.8 Å². The fraction of sp³-hybridized carbons (Fsp3) is 0.786. The average Bonchev–Trinajstić information content (AvgIpc) is 2.62. The molecule has 0 spiro atoms. The zero-order chi connectivity index (χ0) is 14.3. The van der Waals surface area contributed by atoms with E-state index in [1.807, 2.05) is 14.0 Å². The Labute approximate surface area is 121 Å². The molecule has 1 aromatic rings. The number of nitrogens with zero attached hydrogens (tertiary/aromatic N) is 2. The maximum Gasteiger partial charge on any atom is 0.130 e. The zero-order valence-electron chi connectivity index (χ0n) is 12.5. The van der Waals surface area contributed by atoms with E-state index in [2.05, 4.69) is 24.3 Å². The van der Waals surface area contributed by atoms with Crippen LogP contribution in [0.4, 0.5) is 0 Å². The quantitative estimate of drug-likeness (QED) is 0.710. The molecule has 5 heteroatoms. The van der Waals surface area contributed by atoms with Gasteiger partial charge in [0.25, 0.3) is 0 Å². The minimum atomic E-state index is 0.298. The van der Waals surface area contributed by atoms with Crippen LogP contribution in [0.25, 0.3) is 0 Å². The minimum absolute atomic E-state index is 0.298. The highest BCUT2D eigenvalue weighted by molar-refractivity contribution is 6.30. The molecule has 1 rings (SSSR count). The van der Waals surface area contributed by atoms with Gasteiger partial charge in [0.15, 0.2) is 0 Å². The van der Waals surface area contributed by atoms with Crippen LogP contribution < -0.4 is 5.32 Å². The van der Waals surface area contributed by atoms with Gasteiger partial charge in [-0.1, -0.05) is 25.4 Å². The van der Waals surface area contributed by atoms with Crippen molar-refractivity contribution in [3.8, 4) is 0 Å². The van der Waals surface area contributed by atoms with Crippen molar-refractivity contribution >= 4 is 11.6 Å². The molecular formula is C14H26ClN3O. The fourth-order valence-corrected chi connectivity index (χ4v) is 2.31. The summed E-state index contributed by atoms with van der Waals surface area (Å²) in [5.74, 6) is 0. The third-order valence-electron chi connectivity index (χ3n) is 3.07. The van der Waals surface area contributed by atoms with E-state index in [1.54, 1.807) is 4.68 Å². The Morgan fingerprint density at radius 2 is 2.11 bits per heavy atom. The highest BCUT2D eigenvalue weighted by Gasteiger charge is 2.17. The van der Waals surface area contributed by atoms with E-state index in [0.29, 0.717) is 6.04 Å². The second kappa shape index (κ2) is 8.56. The lowest BCUT2D eigenvalue weighted by Gasteiger charge is -2.18. The van der Waals surface area contributed by atoms with Crippen LogP contribution in [0.2, 0.25) is 5.15 Å². The molecule has 0 amide bonds. The summed E-state index contributed by atoms with van der Waals surface area (Å²) >= 11 is 6.29. The minimum Gasteiger partial charge on any atom is -0.380 e. The number of aryl methyl sites for hydroxylation is 2. The van der Waals surface area contributed by atoms with Crippen LogP contribution in [0.3, 0.4) is 0 Å². The smallest absolute Gasteiger partial charge is 0.130 e. The summed E-state index contributed by atoms with van der Waals surface area (Å²) < 4.78 is 7.40. The first-order valence-electron chi connectivity index (χ1n) is 7.09. The molecule has 0 aliphatic heterocycles. The monoisotopic (exact) mass is 287 g/mol. The third kappa shape index (κ3) is 5.13. The molecular weight excluding hydrogens is 262 g/mol. The van der Waals surface area contributed by atoms with Crippen LogP contribution in [-0.2, 0) is 18.2 Å². The van der Waals surface area contributed by atoms with Crippen molar-refractivity contribution < 1.29 is 4.74 Å². The van der Waals surface area contributed by atoms with Crippen molar-refractivity contribution in [3.05, 3.63) is 16.4 Å². The lowest BCUT2D eigenvalue weighted by atomic mass is 10.1. The Balaban J connectivity index is 2.64. The molecule has 1 unspecified atom stereocenters. The predicted molar refractivity (Wildman–Crippen MR) is 79.9 cm³/mol. The Bertz CT molecular complexity index is 379. The normalized spacial score (nSPS) is 12.9. The highest BCUT2D eigenvalue weighted by Crippen LogP contribution is 2.20. The van der Waals surface area contributed by atoms with Gasteiger partial charge in [0.1, 0.15) is 5.15 Å². The van der Waals surface area contributed by atoms with Crippen molar-refractivity contribution in [3.63, 3.8) is 0 Å². The number of hydrogen-bond donors (Lipinski definition) is 1. The average molecular weight is 288 g/mol. The molecule has 110 valence electrons. The van der Waals surface area contributed by atoms with Gasteiger partial charge in [0.2, 0.25) is 0 Å². The molecule has 0 aromatic carbocycles. The lowest BCUT2D eigenvalue weighted by molar-refractivity contribution is 0.111. The summed E-state index contributed by atoms with van der Waals surface area (Å²) in [6, 6.07) is 0.298. The van der Waals surface area contributed by atoms with E-state index in [-0.39, 0.29) is 0 Å². The van der Waals surface area contributed by atoms with E-state index in [1.165, 1.54) is 0 Å². The topological polar surface area (TPSA) is 39.1 Å². The van der Waals surface area contributed by atoms with E-state index >= 15 is 0 Å². The standard InChI is InChI=1S/C14H26ClN3O/c1-5-7-16-12(10-19-8-6-2)9-13-11(3)17-18(4)14(13)15/h12,16H,5-10H2,1-4H3. The molecule has 19 heavy (non-hydrogen) atoms. The molecule has 0 radical (unpaired) electrons. The van der Waals surface area contributed by atoms with Crippen molar-refractivity contribution in [1.29, 1.82) is 0 Å². The summed E-state index contributed by atoms with van der Waals surface area (Å²) in [7, 11) is 1.88. The number of nitrogens with one attached hydrogen (secondary N) is 1. The Morgan fingerprint density at radius 3 is 2.63 bits per heavy atom. The van der Waals surface area contributed by atoms with Gasteiger partial charge in [-0.15, -0.1) is 0 Å². The first-order chi connectivity index (χ1) is 9.10. The summed E-state index contributed by atoms with van der Waals surface area (Å²) in [5.41, 5.74) is 2.13. The number of halogens is 1. The van der Waals surface area contributed by atoms with Gasteiger partial charge in [-0.2, -0.15) is 5.10 Å². The molecule has 0 aliphatic rings. The molecule has 0 fully saturated rings. The van der Waals surface area contributed by atoms with Gasteiger partial charge in [0.05, 0.1) is 12.3 Å². The summed E-state index contributed by atoms with van der Waals surface area (Å²) in [6.45, 7) is 8.82. The lowest BCUT2D eigenvalue weighted by Crippen LogP contribution is -2.36. The van der Waals surface area contributed by atoms with Gasteiger partial charge in [-0.3, -0.25) is 4.68 Å². The first-order valence-corrected chi connectivity index (χ1v) is 7.47. The van der Waals surface area contributed by atoms with Gasteiger partial charge in [-0.05, 0) is 32.7 Å². The van der Waals surface area contributed by atoms with Crippen LogP contribution in [0.1, 0.15) is 37.9 Å². The van der Waals surface area contributed by atoms with Crippen LogP contribution >= 0.6 is 11.6 Å². The first kappa shape index (κ1) is 16.5. The predicted octanol–water partition coefficient (Wildman–Crippen LogP) is 2.72. The second-order valence-corrected chi connectivity index (χ2v) is 5.27. The van der Waals surface area contributed by atoms with Crippen LogP contribution in [0.5, 0.6) is 0 Å². The van der Waals surface area contributed by atoms with Gasteiger partial charge < -0.3 is 10.1 Å². The molecule has 0 saturated carbocycles. The van der Waals surface area contributed by atoms with Crippen LogP contribution in [0, 0.1) is 6.92 Å². The van der Waals surface area contributed by atoms with Gasteiger partial charge in [0, 0.05) is 25.3 Å². The number of aromatic nitrogens is 2. The van der Waals surface area contributed by atoms with E-state index in [9.17, 15) is 0 Å².